The summed E-state index contributed by atoms with van der Waals surface area (Å²) >= 11 is 2.34. The van der Waals surface area contributed by atoms with Gasteiger partial charge in [0.2, 0.25) is 11.0 Å². The molecule has 0 spiro atoms. The molecule has 1 heterocycles. The quantitative estimate of drug-likeness (QED) is 0.418. The van der Waals surface area contributed by atoms with Gasteiger partial charge in [-0.3, -0.25) is 4.79 Å². The van der Waals surface area contributed by atoms with Crippen molar-refractivity contribution in [2.45, 2.75) is 4.34 Å². The first kappa shape index (κ1) is 18.5. The Hall–Kier alpha value is -1.85. The number of ether oxygens (including phenoxy) is 1. The third kappa shape index (κ3) is 5.08. The molecule has 0 unspecified atom stereocenters. The number of carbonyl (C=O) groups excluding carboxylic acids is 1. The summed E-state index contributed by atoms with van der Waals surface area (Å²) in [5, 5.41) is 13.5. The summed E-state index contributed by atoms with van der Waals surface area (Å²) < 4.78 is 44.8. The molecule has 1 amide bonds. The average molecular weight is 378 g/mol. The number of thioether (sulfide) groups is 1. The van der Waals surface area contributed by atoms with Crippen LogP contribution < -0.4 is 10.6 Å². The molecule has 0 fully saturated rings. The van der Waals surface area contributed by atoms with Crippen LogP contribution in [-0.4, -0.2) is 42.1 Å². The Bertz CT molecular complexity index is 715. The molecule has 0 aliphatic carbocycles. The maximum absolute atomic E-state index is 13.5. The largest absolute Gasteiger partial charge is 0.383 e. The lowest BCUT2D eigenvalue weighted by Gasteiger charge is -2.06. The third-order valence-electron chi connectivity index (χ3n) is 2.62. The first-order chi connectivity index (χ1) is 11.5. The van der Waals surface area contributed by atoms with Gasteiger partial charge in [0.05, 0.1) is 18.0 Å². The smallest absolute Gasteiger partial charge is 0.234 e. The molecule has 6 nitrogen and oxygen atoms in total. The molecule has 2 N–H and O–H groups in total. The Balaban J connectivity index is 1.84. The highest BCUT2D eigenvalue weighted by atomic mass is 32.2. The lowest BCUT2D eigenvalue weighted by Crippen LogP contribution is -2.15. The standard InChI is InChI=1S/C13H13F3N4O2S2/c1-22-5-4-17-12-19-20-13(24-12)23-6-9(21)18-8-3-2-7(14)10(15)11(8)16/h2-3H,4-6H2,1H3,(H,17,19)(H,18,21). The fourth-order valence-electron chi connectivity index (χ4n) is 1.54. The predicted molar refractivity (Wildman–Crippen MR) is 85.9 cm³/mol. The number of nitrogens with zero attached hydrogens (tertiary/aromatic N) is 2. The van der Waals surface area contributed by atoms with E-state index in [9.17, 15) is 18.0 Å². The minimum absolute atomic E-state index is 0.0782. The number of halogens is 3. The minimum atomic E-state index is -1.63. The van der Waals surface area contributed by atoms with E-state index in [0.717, 1.165) is 23.9 Å². The zero-order valence-corrected chi connectivity index (χ0v) is 14.1. The van der Waals surface area contributed by atoms with Crippen molar-refractivity contribution in [1.29, 1.82) is 0 Å². The van der Waals surface area contributed by atoms with E-state index in [0.29, 0.717) is 22.6 Å². The van der Waals surface area contributed by atoms with Gasteiger partial charge in [-0.05, 0) is 12.1 Å². The maximum Gasteiger partial charge on any atom is 0.234 e. The molecular weight excluding hydrogens is 365 g/mol. The molecule has 2 rings (SSSR count). The van der Waals surface area contributed by atoms with Crippen LogP contribution in [0.4, 0.5) is 24.0 Å². The highest BCUT2D eigenvalue weighted by Gasteiger charge is 2.15. The van der Waals surface area contributed by atoms with Crippen molar-refractivity contribution < 1.29 is 22.7 Å². The van der Waals surface area contributed by atoms with Gasteiger partial charge in [-0.2, -0.15) is 0 Å². The molecule has 11 heteroatoms. The van der Waals surface area contributed by atoms with Gasteiger partial charge in [0.25, 0.3) is 0 Å². The van der Waals surface area contributed by atoms with Crippen molar-refractivity contribution in [2.75, 3.05) is 36.6 Å². The summed E-state index contributed by atoms with van der Waals surface area (Å²) in [6.45, 7) is 1.09. The summed E-state index contributed by atoms with van der Waals surface area (Å²) in [5.74, 6) is -5.04. The van der Waals surface area contributed by atoms with Crippen LogP contribution in [0.3, 0.4) is 0 Å². The average Bonchev–Trinajstić information content (AvgIpc) is 3.02. The third-order valence-corrected chi connectivity index (χ3v) is 4.64. The number of hydrogen-bond acceptors (Lipinski definition) is 7. The van der Waals surface area contributed by atoms with E-state index in [1.165, 1.54) is 11.3 Å². The zero-order chi connectivity index (χ0) is 17.5. The van der Waals surface area contributed by atoms with E-state index < -0.39 is 29.0 Å². The summed E-state index contributed by atoms with van der Waals surface area (Å²) in [4.78, 5) is 11.8. The van der Waals surface area contributed by atoms with Crippen LogP contribution in [0.2, 0.25) is 0 Å². The number of benzene rings is 1. The second-order valence-electron chi connectivity index (χ2n) is 4.35. The van der Waals surface area contributed by atoms with Gasteiger partial charge in [0.1, 0.15) is 0 Å². The summed E-state index contributed by atoms with van der Waals surface area (Å²) in [6.07, 6.45) is 0. The first-order valence-corrected chi connectivity index (χ1v) is 8.44. The van der Waals surface area contributed by atoms with Gasteiger partial charge in [-0.25, -0.2) is 13.2 Å². The van der Waals surface area contributed by atoms with Crippen molar-refractivity contribution in [2.24, 2.45) is 0 Å². The normalized spacial score (nSPS) is 10.7. The van der Waals surface area contributed by atoms with Crippen LogP contribution in [0.1, 0.15) is 0 Å². The van der Waals surface area contributed by atoms with E-state index >= 15 is 0 Å². The molecular formula is C13H13F3N4O2S2. The molecule has 0 atom stereocenters. The zero-order valence-electron chi connectivity index (χ0n) is 12.4. The molecule has 0 saturated heterocycles. The van der Waals surface area contributed by atoms with Gasteiger partial charge < -0.3 is 15.4 Å². The van der Waals surface area contributed by atoms with Crippen molar-refractivity contribution in [3.05, 3.63) is 29.6 Å². The summed E-state index contributed by atoms with van der Waals surface area (Å²) in [7, 11) is 1.58. The molecule has 0 radical (unpaired) electrons. The molecule has 0 aliphatic rings. The van der Waals surface area contributed by atoms with Gasteiger partial charge >= 0.3 is 0 Å². The number of hydrogen-bond donors (Lipinski definition) is 2. The summed E-state index contributed by atoms with van der Waals surface area (Å²) in [6, 6.07) is 1.70. The van der Waals surface area contributed by atoms with Crippen LogP contribution in [0.5, 0.6) is 0 Å². The first-order valence-electron chi connectivity index (χ1n) is 6.63. The molecule has 24 heavy (non-hydrogen) atoms. The molecule has 0 bridgehead atoms. The van der Waals surface area contributed by atoms with E-state index in [2.05, 4.69) is 20.8 Å². The van der Waals surface area contributed by atoms with Crippen molar-refractivity contribution in [3.8, 4) is 0 Å². The number of amides is 1. The SMILES string of the molecule is COCCNc1nnc(SCC(=O)Nc2ccc(F)c(F)c2F)s1. The van der Waals surface area contributed by atoms with Gasteiger partial charge in [-0.15, -0.1) is 10.2 Å². The Labute approximate surface area is 143 Å². The van der Waals surface area contributed by atoms with Crippen LogP contribution in [0.25, 0.3) is 0 Å². The number of anilines is 2. The minimum Gasteiger partial charge on any atom is -0.383 e. The van der Waals surface area contributed by atoms with Crippen LogP contribution in [-0.2, 0) is 9.53 Å². The molecule has 2 aromatic rings. The van der Waals surface area contributed by atoms with E-state index in [-0.39, 0.29) is 5.75 Å². The van der Waals surface area contributed by atoms with Gasteiger partial charge in [0, 0.05) is 13.7 Å². The van der Waals surface area contributed by atoms with Gasteiger partial charge in [0.15, 0.2) is 21.8 Å². The lowest BCUT2D eigenvalue weighted by molar-refractivity contribution is -0.113. The molecule has 130 valence electrons. The Morgan fingerprint density at radius 1 is 1.29 bits per heavy atom. The topological polar surface area (TPSA) is 76.1 Å². The predicted octanol–water partition coefficient (Wildman–Crippen LogP) is 2.74. The molecule has 1 aromatic heterocycles. The van der Waals surface area contributed by atoms with Crippen LogP contribution in [0, 0.1) is 17.5 Å². The second-order valence-corrected chi connectivity index (χ2v) is 6.55. The Morgan fingerprint density at radius 2 is 2.08 bits per heavy atom. The van der Waals surface area contributed by atoms with Gasteiger partial charge in [-0.1, -0.05) is 23.1 Å². The number of methoxy groups -OCH3 is 1. The van der Waals surface area contributed by atoms with Crippen LogP contribution >= 0.6 is 23.1 Å². The summed E-state index contributed by atoms with van der Waals surface area (Å²) in [5.41, 5.74) is -0.418. The maximum atomic E-state index is 13.5. The highest BCUT2D eigenvalue weighted by Crippen LogP contribution is 2.26. The number of nitrogens with one attached hydrogen (secondary N) is 2. The van der Waals surface area contributed by atoms with Crippen molar-refractivity contribution in [3.63, 3.8) is 0 Å². The van der Waals surface area contributed by atoms with Crippen molar-refractivity contribution in [1.82, 2.24) is 10.2 Å². The molecule has 1 aromatic carbocycles. The fraction of sp³-hybridized carbons (Fsp3) is 0.308. The number of aromatic nitrogens is 2. The number of carbonyl (C=O) groups is 1. The number of rotatable bonds is 8. The second kappa shape index (κ2) is 8.85. The Kier molecular flexibility index (Phi) is 6.82. The van der Waals surface area contributed by atoms with Crippen LogP contribution in [0.15, 0.2) is 16.5 Å². The molecule has 0 saturated carbocycles. The Morgan fingerprint density at radius 3 is 2.83 bits per heavy atom. The lowest BCUT2D eigenvalue weighted by atomic mass is 10.3. The highest BCUT2D eigenvalue weighted by molar-refractivity contribution is 8.01. The monoisotopic (exact) mass is 378 g/mol. The fourth-order valence-corrected chi connectivity index (χ4v) is 3.11. The molecule has 0 aliphatic heterocycles. The van der Waals surface area contributed by atoms with Crippen molar-refractivity contribution >= 4 is 39.8 Å². The van der Waals surface area contributed by atoms with E-state index in [4.69, 9.17) is 4.74 Å². The van der Waals surface area contributed by atoms with E-state index in [1.807, 2.05) is 0 Å². The van der Waals surface area contributed by atoms with E-state index in [1.54, 1.807) is 7.11 Å².